The number of amides is 1. The molecule has 0 aromatic heterocycles. The molecule has 1 amide bonds. The van der Waals surface area contributed by atoms with Crippen molar-refractivity contribution in [3.05, 3.63) is 65.2 Å². The fraction of sp³-hybridized carbons (Fsp3) is 0.364. The molecule has 2 aromatic carbocycles. The molecule has 5 nitrogen and oxygen atoms in total. The predicted octanol–water partition coefficient (Wildman–Crippen LogP) is 2.88. The Morgan fingerprint density at radius 2 is 1.63 bits per heavy atom. The van der Waals surface area contributed by atoms with Crippen LogP contribution < -0.4 is 5.32 Å². The maximum Gasteiger partial charge on any atom is 0.238 e. The van der Waals surface area contributed by atoms with E-state index in [0.717, 1.165) is 61.5 Å². The number of benzene rings is 2. The third kappa shape index (κ3) is 5.16. The third-order valence-electron chi connectivity index (χ3n) is 5.04. The van der Waals surface area contributed by atoms with E-state index in [9.17, 15) is 10.1 Å². The number of carbonyl (C=O) groups is 1. The van der Waals surface area contributed by atoms with Crippen LogP contribution >= 0.6 is 0 Å². The number of rotatable bonds is 6. The summed E-state index contributed by atoms with van der Waals surface area (Å²) in [7, 11) is 0. The molecule has 3 rings (SSSR count). The maximum absolute atomic E-state index is 12.4. The fourth-order valence-electron chi connectivity index (χ4n) is 3.46. The molecular formula is C22H26N4O. The minimum atomic E-state index is 0.0409. The quantitative estimate of drug-likeness (QED) is 0.858. The van der Waals surface area contributed by atoms with E-state index < -0.39 is 0 Å². The topological polar surface area (TPSA) is 59.4 Å². The second kappa shape index (κ2) is 9.31. The number of hydrogen-bond donors (Lipinski definition) is 1. The van der Waals surface area contributed by atoms with Gasteiger partial charge in [0, 0.05) is 38.4 Å². The molecule has 140 valence electrons. The van der Waals surface area contributed by atoms with Gasteiger partial charge in [0.1, 0.15) is 0 Å². The molecule has 1 fully saturated rings. The summed E-state index contributed by atoms with van der Waals surface area (Å²) in [6.07, 6.45) is 0.902. The van der Waals surface area contributed by atoms with E-state index in [1.165, 1.54) is 0 Å². The van der Waals surface area contributed by atoms with Crippen molar-refractivity contribution < 1.29 is 4.79 Å². The van der Waals surface area contributed by atoms with Crippen molar-refractivity contribution in [1.82, 2.24) is 9.80 Å². The summed E-state index contributed by atoms with van der Waals surface area (Å²) in [6.45, 7) is 6.81. The van der Waals surface area contributed by atoms with Gasteiger partial charge in [0.2, 0.25) is 5.91 Å². The molecule has 0 atom stereocenters. The Hall–Kier alpha value is -2.68. The van der Waals surface area contributed by atoms with Gasteiger partial charge in [-0.15, -0.1) is 0 Å². The predicted molar refractivity (Wildman–Crippen MR) is 107 cm³/mol. The number of aryl methyl sites for hydroxylation is 1. The average molecular weight is 362 g/mol. The van der Waals surface area contributed by atoms with Crippen LogP contribution in [0.5, 0.6) is 0 Å². The first-order valence-corrected chi connectivity index (χ1v) is 9.50. The van der Waals surface area contributed by atoms with Crippen LogP contribution in [0.15, 0.2) is 48.5 Å². The Bertz CT molecular complexity index is 819. The van der Waals surface area contributed by atoms with Crippen LogP contribution in [-0.2, 0) is 17.8 Å². The molecule has 2 aromatic rings. The van der Waals surface area contributed by atoms with Crippen LogP contribution in [0.4, 0.5) is 5.69 Å². The molecule has 27 heavy (non-hydrogen) atoms. The monoisotopic (exact) mass is 362 g/mol. The van der Waals surface area contributed by atoms with E-state index in [0.29, 0.717) is 6.54 Å². The molecule has 0 spiro atoms. The molecule has 5 heteroatoms. The maximum atomic E-state index is 12.4. The lowest BCUT2D eigenvalue weighted by Crippen LogP contribution is -2.48. The molecule has 1 aliphatic heterocycles. The Morgan fingerprint density at radius 1 is 1.00 bits per heavy atom. The second-order valence-corrected chi connectivity index (χ2v) is 6.88. The number of carbonyl (C=O) groups excluding carboxylic acids is 1. The summed E-state index contributed by atoms with van der Waals surface area (Å²) < 4.78 is 0. The van der Waals surface area contributed by atoms with Crippen molar-refractivity contribution in [3.8, 4) is 6.07 Å². The molecule has 0 unspecified atom stereocenters. The summed E-state index contributed by atoms with van der Waals surface area (Å²) in [4.78, 5) is 16.9. The van der Waals surface area contributed by atoms with Crippen LogP contribution in [0, 0.1) is 11.3 Å². The van der Waals surface area contributed by atoms with Gasteiger partial charge in [0.15, 0.2) is 0 Å². The molecule has 0 saturated carbocycles. The molecule has 0 bridgehead atoms. The van der Waals surface area contributed by atoms with Gasteiger partial charge in [0.25, 0.3) is 0 Å². The normalized spacial score (nSPS) is 15.3. The number of anilines is 1. The number of nitrogens with zero attached hydrogens (tertiary/aromatic N) is 3. The molecule has 0 aliphatic carbocycles. The highest BCUT2D eigenvalue weighted by molar-refractivity contribution is 5.93. The average Bonchev–Trinajstić information content (AvgIpc) is 2.70. The van der Waals surface area contributed by atoms with Crippen LogP contribution in [0.25, 0.3) is 0 Å². The smallest absolute Gasteiger partial charge is 0.238 e. The van der Waals surface area contributed by atoms with Crippen molar-refractivity contribution in [2.45, 2.75) is 19.9 Å². The van der Waals surface area contributed by atoms with Crippen LogP contribution in [0.1, 0.15) is 23.6 Å². The number of nitrogens with one attached hydrogen (secondary N) is 1. The van der Waals surface area contributed by atoms with Crippen molar-refractivity contribution in [1.29, 1.82) is 5.26 Å². The van der Waals surface area contributed by atoms with Crippen molar-refractivity contribution >= 4 is 11.6 Å². The standard InChI is InChI=1S/C22H26N4O/c1-2-18-7-5-6-10-21(18)24-22(27)17-26-13-11-25(12-14-26)16-20-9-4-3-8-19(20)15-23/h3-10H,2,11-14,16-17H2,1H3,(H,24,27). The fourth-order valence-corrected chi connectivity index (χ4v) is 3.46. The number of hydrogen-bond acceptors (Lipinski definition) is 4. The molecule has 1 saturated heterocycles. The summed E-state index contributed by atoms with van der Waals surface area (Å²) in [5, 5.41) is 12.3. The van der Waals surface area contributed by atoms with Crippen LogP contribution in [-0.4, -0.2) is 48.4 Å². The zero-order valence-electron chi connectivity index (χ0n) is 15.8. The molecule has 1 N–H and O–H groups in total. The number of para-hydroxylation sites is 1. The van der Waals surface area contributed by atoms with Gasteiger partial charge in [-0.25, -0.2) is 0 Å². The van der Waals surface area contributed by atoms with Gasteiger partial charge in [-0.1, -0.05) is 43.3 Å². The van der Waals surface area contributed by atoms with Gasteiger partial charge < -0.3 is 5.32 Å². The molecule has 0 radical (unpaired) electrons. The summed E-state index contributed by atoms with van der Waals surface area (Å²) in [5.74, 6) is 0.0409. The Morgan fingerprint density at radius 3 is 2.33 bits per heavy atom. The van der Waals surface area contributed by atoms with Crippen LogP contribution in [0.2, 0.25) is 0 Å². The molecule has 1 heterocycles. The number of piperazine rings is 1. The lowest BCUT2D eigenvalue weighted by molar-refractivity contribution is -0.117. The zero-order valence-corrected chi connectivity index (χ0v) is 15.8. The van der Waals surface area contributed by atoms with Gasteiger partial charge in [-0.05, 0) is 29.7 Å². The van der Waals surface area contributed by atoms with Gasteiger partial charge >= 0.3 is 0 Å². The second-order valence-electron chi connectivity index (χ2n) is 6.88. The Kier molecular flexibility index (Phi) is 6.59. The first-order chi connectivity index (χ1) is 13.2. The van der Waals surface area contributed by atoms with Crippen LogP contribution in [0.3, 0.4) is 0 Å². The highest BCUT2D eigenvalue weighted by atomic mass is 16.2. The Labute approximate surface area is 161 Å². The first kappa shape index (κ1) is 19.1. The van der Waals surface area contributed by atoms with Gasteiger partial charge in [-0.2, -0.15) is 5.26 Å². The number of nitriles is 1. The van der Waals surface area contributed by atoms with Crippen molar-refractivity contribution in [3.63, 3.8) is 0 Å². The van der Waals surface area contributed by atoms with E-state index in [1.807, 2.05) is 48.5 Å². The van der Waals surface area contributed by atoms with E-state index in [4.69, 9.17) is 0 Å². The lowest BCUT2D eigenvalue weighted by atomic mass is 10.1. The molecular weight excluding hydrogens is 336 g/mol. The summed E-state index contributed by atoms with van der Waals surface area (Å²) >= 11 is 0. The Balaban J connectivity index is 1.48. The summed E-state index contributed by atoms with van der Waals surface area (Å²) in [6, 6.07) is 18.0. The molecule has 1 aliphatic rings. The van der Waals surface area contributed by atoms with E-state index >= 15 is 0 Å². The highest BCUT2D eigenvalue weighted by Gasteiger charge is 2.20. The van der Waals surface area contributed by atoms with Gasteiger partial charge in [-0.3, -0.25) is 14.6 Å². The minimum absolute atomic E-state index is 0.0409. The summed E-state index contributed by atoms with van der Waals surface area (Å²) in [5.41, 5.74) is 3.89. The zero-order chi connectivity index (χ0) is 19.1. The van der Waals surface area contributed by atoms with E-state index in [-0.39, 0.29) is 5.91 Å². The van der Waals surface area contributed by atoms with E-state index in [2.05, 4.69) is 28.1 Å². The van der Waals surface area contributed by atoms with Gasteiger partial charge in [0.05, 0.1) is 18.2 Å². The third-order valence-corrected chi connectivity index (χ3v) is 5.04. The van der Waals surface area contributed by atoms with E-state index in [1.54, 1.807) is 0 Å². The SMILES string of the molecule is CCc1ccccc1NC(=O)CN1CCN(Cc2ccccc2C#N)CC1. The lowest BCUT2D eigenvalue weighted by Gasteiger charge is -2.34. The van der Waals surface area contributed by atoms with Crippen molar-refractivity contribution in [2.24, 2.45) is 0 Å². The first-order valence-electron chi connectivity index (χ1n) is 9.50. The largest absolute Gasteiger partial charge is 0.325 e. The highest BCUT2D eigenvalue weighted by Crippen LogP contribution is 2.16. The minimum Gasteiger partial charge on any atom is -0.325 e. The van der Waals surface area contributed by atoms with Crippen molar-refractivity contribution in [2.75, 3.05) is 38.0 Å².